The first-order valence-corrected chi connectivity index (χ1v) is 6.26. The molecule has 0 spiro atoms. The van der Waals surface area contributed by atoms with Crippen LogP contribution < -0.4 is 0 Å². The number of aryl methyl sites for hydroxylation is 1. The highest BCUT2D eigenvalue weighted by Gasteiger charge is 2.20. The second-order valence-corrected chi connectivity index (χ2v) is 4.85. The lowest BCUT2D eigenvalue weighted by Crippen LogP contribution is -2.14. The molecule has 0 aromatic carbocycles. The van der Waals surface area contributed by atoms with Gasteiger partial charge in [0.2, 0.25) is 0 Å². The predicted molar refractivity (Wildman–Crippen MR) is 64.3 cm³/mol. The predicted octanol–water partition coefficient (Wildman–Crippen LogP) is 3.38. The average Bonchev–Trinajstić information content (AvgIpc) is 2.68. The van der Waals surface area contributed by atoms with Gasteiger partial charge in [-0.25, -0.2) is 14.1 Å². The Hall–Kier alpha value is -1.45. The highest BCUT2D eigenvalue weighted by atomic mass is 19.1. The maximum absolute atomic E-state index is 13.2. The van der Waals surface area contributed by atoms with E-state index in [0.29, 0.717) is 6.04 Å². The Morgan fingerprint density at radius 2 is 2.06 bits per heavy atom. The summed E-state index contributed by atoms with van der Waals surface area (Å²) in [6, 6.07) is 1.97. The van der Waals surface area contributed by atoms with Gasteiger partial charge in [-0.05, 0) is 25.8 Å². The van der Waals surface area contributed by atoms with Gasteiger partial charge in [0.25, 0.3) is 0 Å². The fourth-order valence-corrected chi connectivity index (χ4v) is 2.72. The van der Waals surface area contributed by atoms with Crippen LogP contribution in [-0.4, -0.2) is 14.8 Å². The Bertz CT molecular complexity index is 541. The van der Waals surface area contributed by atoms with Crippen molar-refractivity contribution in [3.63, 3.8) is 0 Å². The van der Waals surface area contributed by atoms with Crippen molar-refractivity contribution in [3.8, 4) is 0 Å². The summed E-state index contributed by atoms with van der Waals surface area (Å²) in [7, 11) is 0. The highest BCUT2D eigenvalue weighted by molar-refractivity contribution is 5.78. The van der Waals surface area contributed by atoms with Gasteiger partial charge in [-0.15, -0.1) is 0 Å². The maximum atomic E-state index is 13.2. The van der Waals surface area contributed by atoms with Crippen molar-refractivity contribution in [3.05, 3.63) is 23.8 Å². The van der Waals surface area contributed by atoms with E-state index in [0.717, 1.165) is 29.6 Å². The third-order valence-corrected chi connectivity index (χ3v) is 3.62. The first-order valence-electron chi connectivity index (χ1n) is 6.26. The van der Waals surface area contributed by atoms with Crippen LogP contribution in [0.5, 0.6) is 0 Å². The summed E-state index contributed by atoms with van der Waals surface area (Å²) in [4.78, 5) is 4.20. The molecule has 90 valence electrons. The summed E-state index contributed by atoms with van der Waals surface area (Å²) in [5.74, 6) is -0.288. The van der Waals surface area contributed by atoms with E-state index in [1.54, 1.807) is 0 Å². The Morgan fingerprint density at radius 3 is 2.82 bits per heavy atom. The van der Waals surface area contributed by atoms with Gasteiger partial charge in [-0.3, -0.25) is 0 Å². The molecule has 0 saturated heterocycles. The molecule has 3 rings (SSSR count). The summed E-state index contributed by atoms with van der Waals surface area (Å²) in [6.45, 7) is 1.92. The van der Waals surface area contributed by atoms with Gasteiger partial charge in [-0.1, -0.05) is 19.3 Å². The first-order chi connectivity index (χ1) is 8.25. The minimum Gasteiger partial charge on any atom is -0.244 e. The first kappa shape index (κ1) is 10.7. The molecule has 0 N–H and O–H groups in total. The van der Waals surface area contributed by atoms with Gasteiger partial charge in [-0.2, -0.15) is 5.10 Å². The van der Waals surface area contributed by atoms with Crippen molar-refractivity contribution >= 4 is 11.0 Å². The molecule has 17 heavy (non-hydrogen) atoms. The van der Waals surface area contributed by atoms with Crippen LogP contribution >= 0.6 is 0 Å². The van der Waals surface area contributed by atoms with Crippen LogP contribution in [0.1, 0.15) is 43.8 Å². The zero-order chi connectivity index (χ0) is 11.8. The molecule has 4 heteroatoms. The van der Waals surface area contributed by atoms with Crippen molar-refractivity contribution in [1.29, 1.82) is 0 Å². The van der Waals surface area contributed by atoms with E-state index in [1.165, 1.54) is 31.5 Å². The van der Waals surface area contributed by atoms with Crippen LogP contribution in [0, 0.1) is 12.7 Å². The Labute approximate surface area is 99.7 Å². The molecular formula is C13H16FN3. The molecule has 0 amide bonds. The van der Waals surface area contributed by atoms with Crippen molar-refractivity contribution in [2.24, 2.45) is 0 Å². The molecule has 0 unspecified atom stereocenters. The topological polar surface area (TPSA) is 30.7 Å². The molecule has 2 aromatic rings. The second-order valence-electron chi connectivity index (χ2n) is 4.85. The van der Waals surface area contributed by atoms with Crippen molar-refractivity contribution in [2.45, 2.75) is 45.1 Å². The van der Waals surface area contributed by atoms with E-state index in [2.05, 4.69) is 10.1 Å². The summed E-state index contributed by atoms with van der Waals surface area (Å²) in [5, 5.41) is 5.39. The summed E-state index contributed by atoms with van der Waals surface area (Å²) >= 11 is 0. The molecule has 1 aliphatic carbocycles. The second kappa shape index (κ2) is 4.09. The lowest BCUT2D eigenvalue weighted by Gasteiger charge is -2.22. The van der Waals surface area contributed by atoms with Gasteiger partial charge >= 0.3 is 0 Å². The van der Waals surface area contributed by atoms with Gasteiger partial charge in [0, 0.05) is 5.39 Å². The third-order valence-electron chi connectivity index (χ3n) is 3.62. The molecule has 1 saturated carbocycles. The highest BCUT2D eigenvalue weighted by Crippen LogP contribution is 2.30. The minimum absolute atomic E-state index is 0.288. The van der Waals surface area contributed by atoms with Crippen LogP contribution in [0.25, 0.3) is 11.0 Å². The molecule has 1 fully saturated rings. The normalized spacial score (nSPS) is 17.8. The average molecular weight is 233 g/mol. The number of pyridine rings is 1. The Balaban J connectivity index is 2.10. The molecule has 1 aliphatic rings. The number of fused-ring (bicyclic) bond motifs is 1. The number of halogens is 1. The Morgan fingerprint density at radius 1 is 1.29 bits per heavy atom. The van der Waals surface area contributed by atoms with E-state index >= 15 is 0 Å². The van der Waals surface area contributed by atoms with Gasteiger partial charge in [0.05, 0.1) is 17.9 Å². The van der Waals surface area contributed by atoms with E-state index in [4.69, 9.17) is 0 Å². The molecule has 3 nitrogen and oxygen atoms in total. The number of hydrogen-bond acceptors (Lipinski definition) is 2. The lowest BCUT2D eigenvalue weighted by atomic mass is 9.96. The zero-order valence-electron chi connectivity index (χ0n) is 9.99. The molecule has 0 aliphatic heterocycles. The summed E-state index contributed by atoms with van der Waals surface area (Å²) < 4.78 is 15.2. The SMILES string of the molecule is Cc1nn(C2CCCCC2)c2ncc(F)cc12. The van der Waals surface area contributed by atoms with Crippen LogP contribution in [0.2, 0.25) is 0 Å². The van der Waals surface area contributed by atoms with E-state index < -0.39 is 0 Å². The maximum Gasteiger partial charge on any atom is 0.158 e. The van der Waals surface area contributed by atoms with Crippen LogP contribution in [0.15, 0.2) is 12.3 Å². The number of hydrogen-bond donors (Lipinski definition) is 0. The van der Waals surface area contributed by atoms with Crippen LogP contribution in [0.4, 0.5) is 4.39 Å². The van der Waals surface area contributed by atoms with E-state index in [9.17, 15) is 4.39 Å². The third kappa shape index (κ3) is 1.81. The molecule has 2 heterocycles. The van der Waals surface area contributed by atoms with Crippen LogP contribution in [0.3, 0.4) is 0 Å². The number of rotatable bonds is 1. The van der Waals surface area contributed by atoms with E-state index in [-0.39, 0.29) is 5.82 Å². The molecule has 0 atom stereocenters. The fraction of sp³-hybridized carbons (Fsp3) is 0.538. The van der Waals surface area contributed by atoms with Crippen molar-refractivity contribution in [1.82, 2.24) is 14.8 Å². The van der Waals surface area contributed by atoms with Crippen LogP contribution in [-0.2, 0) is 0 Å². The largest absolute Gasteiger partial charge is 0.244 e. The quantitative estimate of drug-likeness (QED) is 0.756. The molecule has 2 aromatic heterocycles. The fourth-order valence-electron chi connectivity index (χ4n) is 2.72. The lowest BCUT2D eigenvalue weighted by molar-refractivity contribution is 0.335. The van der Waals surface area contributed by atoms with Gasteiger partial charge in [0.1, 0.15) is 5.82 Å². The summed E-state index contributed by atoms with van der Waals surface area (Å²) in [6.07, 6.45) is 7.43. The van der Waals surface area contributed by atoms with Crippen molar-refractivity contribution in [2.75, 3.05) is 0 Å². The molecule has 0 bridgehead atoms. The molecule has 0 radical (unpaired) electrons. The number of nitrogens with zero attached hydrogens (tertiary/aromatic N) is 3. The minimum atomic E-state index is -0.288. The van der Waals surface area contributed by atoms with Crippen molar-refractivity contribution < 1.29 is 4.39 Å². The standard InChI is InChI=1S/C13H16FN3/c1-9-12-7-10(14)8-15-13(12)17(16-9)11-5-3-2-4-6-11/h7-8,11H,2-6H2,1H3. The monoisotopic (exact) mass is 233 g/mol. The van der Waals surface area contributed by atoms with Gasteiger partial charge < -0.3 is 0 Å². The molecular weight excluding hydrogens is 217 g/mol. The zero-order valence-corrected chi connectivity index (χ0v) is 9.99. The number of aromatic nitrogens is 3. The van der Waals surface area contributed by atoms with Gasteiger partial charge in [0.15, 0.2) is 5.65 Å². The Kier molecular flexibility index (Phi) is 2.57. The smallest absolute Gasteiger partial charge is 0.158 e. The summed E-state index contributed by atoms with van der Waals surface area (Å²) in [5.41, 5.74) is 1.70. The van der Waals surface area contributed by atoms with E-state index in [1.807, 2.05) is 11.6 Å².